The molecule has 2 heterocycles. The van der Waals surface area contributed by atoms with Crippen molar-refractivity contribution in [3.8, 4) is 11.8 Å². The molecule has 0 radical (unpaired) electrons. The molecule has 1 aromatic carbocycles. The number of hydrogen-bond acceptors (Lipinski definition) is 4. The predicted octanol–water partition coefficient (Wildman–Crippen LogP) is 0.806. The number of nitrogens with one attached hydrogen (secondary N) is 1. The summed E-state index contributed by atoms with van der Waals surface area (Å²) in [5, 5.41) is 2.82. The Morgan fingerprint density at radius 1 is 1.08 bits per heavy atom. The van der Waals surface area contributed by atoms with Gasteiger partial charge in [-0.1, -0.05) is 30.5 Å². The molecule has 2 atom stereocenters. The van der Waals surface area contributed by atoms with Gasteiger partial charge in [0.15, 0.2) is 9.84 Å². The summed E-state index contributed by atoms with van der Waals surface area (Å²) in [6.45, 7) is 1.81. The summed E-state index contributed by atoms with van der Waals surface area (Å²) in [5.74, 6) is 5.09. The predicted molar refractivity (Wildman–Crippen MR) is 93.1 cm³/mol. The van der Waals surface area contributed by atoms with Crippen molar-refractivity contribution in [2.75, 3.05) is 24.6 Å². The molecule has 1 aromatic rings. The van der Waals surface area contributed by atoms with Crippen LogP contribution in [0.3, 0.4) is 0 Å². The molecule has 2 fully saturated rings. The van der Waals surface area contributed by atoms with Gasteiger partial charge in [0.05, 0.1) is 17.5 Å². The van der Waals surface area contributed by atoms with E-state index in [2.05, 4.69) is 22.1 Å². The van der Waals surface area contributed by atoms with Crippen molar-refractivity contribution in [3.05, 3.63) is 35.9 Å². The number of sulfone groups is 1. The van der Waals surface area contributed by atoms with E-state index in [1.165, 1.54) is 6.42 Å². The van der Waals surface area contributed by atoms with E-state index in [0.29, 0.717) is 0 Å². The minimum absolute atomic E-state index is 0.00687. The molecule has 2 saturated heterocycles. The Labute approximate surface area is 143 Å². The number of rotatable bonds is 2. The minimum atomic E-state index is -3.11. The van der Waals surface area contributed by atoms with Gasteiger partial charge in [-0.3, -0.25) is 9.69 Å². The van der Waals surface area contributed by atoms with E-state index in [4.69, 9.17) is 0 Å². The van der Waals surface area contributed by atoms with E-state index in [9.17, 15) is 13.2 Å². The maximum absolute atomic E-state index is 12.1. The number of amides is 1. The monoisotopic (exact) mass is 346 g/mol. The zero-order valence-corrected chi connectivity index (χ0v) is 14.4. The number of likely N-dealkylation sites (tertiary alicyclic amines) is 1. The molecule has 5 nitrogen and oxygen atoms in total. The van der Waals surface area contributed by atoms with Gasteiger partial charge in [0.2, 0.25) is 0 Å². The molecule has 2 aliphatic rings. The van der Waals surface area contributed by atoms with Crippen molar-refractivity contribution < 1.29 is 13.2 Å². The van der Waals surface area contributed by atoms with Crippen LogP contribution in [-0.2, 0) is 14.6 Å². The van der Waals surface area contributed by atoms with Crippen LogP contribution in [0.25, 0.3) is 0 Å². The zero-order valence-electron chi connectivity index (χ0n) is 13.6. The van der Waals surface area contributed by atoms with Gasteiger partial charge in [0.1, 0.15) is 0 Å². The Morgan fingerprint density at radius 2 is 1.79 bits per heavy atom. The highest BCUT2D eigenvalue weighted by molar-refractivity contribution is 7.91. The standard InChI is InChI=1S/C18H22N2O3S/c21-18(10-9-15-7-3-1-4-8-15)19-16-13-24(22,23)14-17(16)20-11-5-2-6-12-20/h1,3-4,7-8,16-17H,2,5-6,11-14H2,(H,19,21)/t16-,17+/m1/s1. The van der Waals surface area contributed by atoms with Crippen molar-refractivity contribution in [2.24, 2.45) is 0 Å². The van der Waals surface area contributed by atoms with Gasteiger partial charge in [-0.25, -0.2) is 8.42 Å². The lowest BCUT2D eigenvalue weighted by Gasteiger charge is -2.34. The molecule has 6 heteroatoms. The summed E-state index contributed by atoms with van der Waals surface area (Å²) >= 11 is 0. The number of benzene rings is 1. The van der Waals surface area contributed by atoms with Crippen molar-refractivity contribution in [2.45, 2.75) is 31.3 Å². The van der Waals surface area contributed by atoms with E-state index in [0.717, 1.165) is 31.5 Å². The van der Waals surface area contributed by atoms with Gasteiger partial charge in [-0.15, -0.1) is 0 Å². The molecule has 0 aliphatic carbocycles. The first-order valence-corrected chi connectivity index (χ1v) is 10.2. The van der Waals surface area contributed by atoms with Gasteiger partial charge in [0, 0.05) is 17.5 Å². The fraction of sp³-hybridized carbons (Fsp3) is 0.500. The van der Waals surface area contributed by atoms with Crippen LogP contribution in [0.5, 0.6) is 0 Å². The van der Waals surface area contributed by atoms with Crippen LogP contribution in [0.2, 0.25) is 0 Å². The fourth-order valence-corrected chi connectivity index (χ4v) is 5.38. The number of carbonyl (C=O) groups excluding carboxylic acids is 1. The third kappa shape index (κ3) is 4.37. The Morgan fingerprint density at radius 3 is 2.50 bits per heavy atom. The van der Waals surface area contributed by atoms with Crippen LogP contribution in [0, 0.1) is 11.8 Å². The SMILES string of the molecule is O=C(C#Cc1ccccc1)N[C@@H]1CS(=O)(=O)C[C@@H]1N1CCCCC1. The van der Waals surface area contributed by atoms with Crippen molar-refractivity contribution in [3.63, 3.8) is 0 Å². The lowest BCUT2D eigenvalue weighted by molar-refractivity contribution is -0.116. The molecule has 3 rings (SSSR count). The number of hydrogen-bond donors (Lipinski definition) is 1. The van der Waals surface area contributed by atoms with Crippen LogP contribution in [0.1, 0.15) is 24.8 Å². The lowest BCUT2D eigenvalue weighted by atomic mass is 10.0. The van der Waals surface area contributed by atoms with Crippen LogP contribution >= 0.6 is 0 Å². The summed E-state index contributed by atoms with van der Waals surface area (Å²) in [7, 11) is -3.11. The molecule has 0 unspecified atom stereocenters. The molecule has 0 saturated carbocycles. The summed E-state index contributed by atoms with van der Waals surface area (Å²) < 4.78 is 24.1. The van der Waals surface area contributed by atoms with Crippen molar-refractivity contribution in [1.29, 1.82) is 0 Å². The Balaban J connectivity index is 1.67. The Bertz CT molecular complexity index is 743. The molecule has 1 amide bonds. The molecule has 24 heavy (non-hydrogen) atoms. The minimum Gasteiger partial charge on any atom is -0.340 e. The van der Waals surface area contributed by atoms with E-state index >= 15 is 0 Å². The molecular formula is C18H22N2O3S. The van der Waals surface area contributed by atoms with E-state index in [1.807, 2.05) is 30.3 Å². The number of nitrogens with zero attached hydrogens (tertiary/aromatic N) is 1. The maximum atomic E-state index is 12.1. The van der Waals surface area contributed by atoms with Gasteiger partial charge >= 0.3 is 0 Å². The highest BCUT2D eigenvalue weighted by Crippen LogP contribution is 2.22. The van der Waals surface area contributed by atoms with Crippen LogP contribution < -0.4 is 5.32 Å². The molecular weight excluding hydrogens is 324 g/mol. The zero-order chi connectivity index (χ0) is 17.0. The molecule has 0 spiro atoms. The molecule has 128 valence electrons. The normalized spacial score (nSPS) is 26.3. The Kier molecular flexibility index (Phi) is 5.22. The summed E-state index contributed by atoms with van der Waals surface area (Å²) in [5.41, 5.74) is 0.763. The second-order valence-electron chi connectivity index (χ2n) is 6.44. The quantitative estimate of drug-likeness (QED) is 0.805. The molecule has 1 N–H and O–H groups in total. The summed E-state index contributed by atoms with van der Waals surface area (Å²) in [6.07, 6.45) is 3.37. The highest BCUT2D eigenvalue weighted by Gasteiger charge is 2.41. The number of carbonyl (C=O) groups is 1. The molecule has 0 aromatic heterocycles. The average Bonchev–Trinajstić information content (AvgIpc) is 2.89. The van der Waals surface area contributed by atoms with Crippen LogP contribution in [-0.4, -0.2) is 55.9 Å². The van der Waals surface area contributed by atoms with Crippen LogP contribution in [0.15, 0.2) is 30.3 Å². The number of piperidine rings is 1. The van der Waals surface area contributed by atoms with Crippen molar-refractivity contribution >= 4 is 15.7 Å². The second kappa shape index (κ2) is 7.37. The second-order valence-corrected chi connectivity index (χ2v) is 8.59. The maximum Gasteiger partial charge on any atom is 0.296 e. The third-order valence-corrected chi connectivity index (χ3v) is 6.31. The first-order valence-electron chi connectivity index (χ1n) is 8.35. The van der Waals surface area contributed by atoms with E-state index in [1.54, 1.807) is 0 Å². The van der Waals surface area contributed by atoms with Gasteiger partial charge in [0.25, 0.3) is 5.91 Å². The molecule has 2 aliphatic heterocycles. The van der Waals surface area contributed by atoms with Gasteiger partial charge in [-0.05, 0) is 38.1 Å². The van der Waals surface area contributed by atoms with E-state index in [-0.39, 0.29) is 23.6 Å². The first kappa shape index (κ1) is 17.0. The smallest absolute Gasteiger partial charge is 0.296 e. The summed E-state index contributed by atoms with van der Waals surface area (Å²) in [4.78, 5) is 14.3. The first-order chi connectivity index (χ1) is 11.5. The van der Waals surface area contributed by atoms with E-state index < -0.39 is 15.7 Å². The van der Waals surface area contributed by atoms with Gasteiger partial charge < -0.3 is 5.32 Å². The van der Waals surface area contributed by atoms with Gasteiger partial charge in [-0.2, -0.15) is 0 Å². The fourth-order valence-electron chi connectivity index (χ4n) is 3.43. The largest absolute Gasteiger partial charge is 0.340 e. The molecule has 0 bridgehead atoms. The average molecular weight is 346 g/mol. The van der Waals surface area contributed by atoms with Crippen molar-refractivity contribution in [1.82, 2.24) is 10.2 Å². The van der Waals surface area contributed by atoms with Crippen LogP contribution in [0.4, 0.5) is 0 Å². The summed E-state index contributed by atoms with van der Waals surface area (Å²) in [6, 6.07) is 8.77. The third-order valence-electron chi connectivity index (χ3n) is 4.59. The highest BCUT2D eigenvalue weighted by atomic mass is 32.2. The Hall–Kier alpha value is -1.84. The lowest BCUT2D eigenvalue weighted by Crippen LogP contribution is -2.52. The topological polar surface area (TPSA) is 66.5 Å².